The zero-order chi connectivity index (χ0) is 13.2. The Hall–Kier alpha value is -0.830. The molecule has 3 nitrogen and oxygen atoms in total. The van der Waals surface area contributed by atoms with Gasteiger partial charge in [0.25, 0.3) is 0 Å². The van der Waals surface area contributed by atoms with E-state index < -0.39 is 0 Å². The van der Waals surface area contributed by atoms with Crippen molar-refractivity contribution in [3.8, 4) is 0 Å². The molecular formula is C16H27N3. The molecule has 1 aromatic rings. The molecule has 0 unspecified atom stereocenters. The molecule has 0 saturated heterocycles. The van der Waals surface area contributed by atoms with Crippen LogP contribution in [0.4, 0.5) is 0 Å². The summed E-state index contributed by atoms with van der Waals surface area (Å²) in [5.74, 6) is 3.05. The second-order valence-electron chi connectivity index (χ2n) is 6.27. The molecule has 1 N–H and O–H groups in total. The molecule has 0 atom stereocenters. The summed E-state index contributed by atoms with van der Waals surface area (Å²) in [4.78, 5) is 0. The van der Waals surface area contributed by atoms with E-state index in [1.807, 2.05) is 0 Å². The number of aromatic nitrogens is 2. The summed E-state index contributed by atoms with van der Waals surface area (Å²) in [6.07, 6.45) is 6.96. The number of rotatable bonds is 8. The molecule has 19 heavy (non-hydrogen) atoms. The van der Waals surface area contributed by atoms with Crippen molar-refractivity contribution in [1.29, 1.82) is 0 Å². The van der Waals surface area contributed by atoms with E-state index in [1.165, 1.54) is 43.6 Å². The topological polar surface area (TPSA) is 29.9 Å². The van der Waals surface area contributed by atoms with E-state index >= 15 is 0 Å². The van der Waals surface area contributed by atoms with E-state index in [-0.39, 0.29) is 0 Å². The molecule has 106 valence electrons. The predicted molar refractivity (Wildman–Crippen MR) is 77.9 cm³/mol. The second kappa shape index (κ2) is 5.66. The molecule has 0 aliphatic heterocycles. The molecule has 2 fully saturated rings. The molecule has 3 rings (SSSR count). The van der Waals surface area contributed by atoms with E-state index in [2.05, 4.69) is 35.0 Å². The van der Waals surface area contributed by atoms with Gasteiger partial charge in [-0.3, -0.25) is 4.68 Å². The van der Waals surface area contributed by atoms with E-state index in [1.54, 1.807) is 0 Å². The second-order valence-corrected chi connectivity index (χ2v) is 6.27. The Morgan fingerprint density at radius 2 is 1.95 bits per heavy atom. The van der Waals surface area contributed by atoms with Crippen LogP contribution in [0.25, 0.3) is 0 Å². The molecule has 2 aliphatic rings. The zero-order valence-corrected chi connectivity index (χ0v) is 12.4. The Balaban J connectivity index is 1.52. The van der Waals surface area contributed by atoms with Crippen LogP contribution in [-0.2, 0) is 19.5 Å². The average Bonchev–Trinajstić information content (AvgIpc) is 3.33. The minimum absolute atomic E-state index is 0.962. The van der Waals surface area contributed by atoms with Crippen LogP contribution in [0.5, 0.6) is 0 Å². The maximum atomic E-state index is 4.62. The van der Waals surface area contributed by atoms with E-state index in [4.69, 9.17) is 0 Å². The lowest BCUT2D eigenvalue weighted by molar-refractivity contribution is 0.375. The van der Waals surface area contributed by atoms with Crippen LogP contribution in [0.2, 0.25) is 0 Å². The molecule has 1 aromatic heterocycles. The zero-order valence-electron chi connectivity index (χ0n) is 12.4. The van der Waals surface area contributed by atoms with Gasteiger partial charge < -0.3 is 5.32 Å². The molecule has 0 amide bonds. The fourth-order valence-corrected chi connectivity index (χ4v) is 3.24. The van der Waals surface area contributed by atoms with Gasteiger partial charge in [-0.15, -0.1) is 0 Å². The minimum Gasteiger partial charge on any atom is -0.311 e. The quantitative estimate of drug-likeness (QED) is 0.779. The van der Waals surface area contributed by atoms with Crippen LogP contribution in [0, 0.1) is 17.8 Å². The number of nitrogens with one attached hydrogen (secondary N) is 1. The molecule has 0 aromatic carbocycles. The molecule has 0 radical (unpaired) electrons. The predicted octanol–water partition coefficient (Wildman–Crippen LogP) is 2.99. The summed E-state index contributed by atoms with van der Waals surface area (Å²) in [6, 6.07) is 2.26. The third-order valence-electron chi connectivity index (χ3n) is 4.72. The summed E-state index contributed by atoms with van der Waals surface area (Å²) >= 11 is 0. The van der Waals surface area contributed by atoms with Crippen LogP contribution < -0.4 is 5.32 Å². The highest BCUT2D eigenvalue weighted by molar-refractivity contribution is 5.10. The first-order chi connectivity index (χ1) is 9.31. The highest BCUT2D eigenvalue weighted by Crippen LogP contribution is 2.48. The molecule has 0 bridgehead atoms. The summed E-state index contributed by atoms with van der Waals surface area (Å²) < 4.78 is 2.15. The van der Waals surface area contributed by atoms with Crippen molar-refractivity contribution in [1.82, 2.24) is 15.1 Å². The van der Waals surface area contributed by atoms with Crippen molar-refractivity contribution < 1.29 is 0 Å². The Morgan fingerprint density at radius 3 is 2.47 bits per heavy atom. The molecule has 1 heterocycles. The normalized spacial score (nSPS) is 19.3. The Bertz CT molecular complexity index is 404. The summed E-state index contributed by atoms with van der Waals surface area (Å²) in [7, 11) is 0. The first-order valence-corrected chi connectivity index (χ1v) is 8.08. The molecular weight excluding hydrogens is 234 g/mol. The first kappa shape index (κ1) is 13.2. The van der Waals surface area contributed by atoms with Crippen molar-refractivity contribution in [2.45, 2.75) is 59.0 Å². The van der Waals surface area contributed by atoms with Gasteiger partial charge in [0, 0.05) is 13.1 Å². The molecule has 0 spiro atoms. The van der Waals surface area contributed by atoms with Gasteiger partial charge >= 0.3 is 0 Å². The van der Waals surface area contributed by atoms with Crippen LogP contribution in [0.15, 0.2) is 6.07 Å². The van der Waals surface area contributed by atoms with Crippen molar-refractivity contribution >= 4 is 0 Å². The fraction of sp³-hybridized carbons (Fsp3) is 0.812. The number of nitrogens with zero attached hydrogens (tertiary/aromatic N) is 2. The number of aryl methyl sites for hydroxylation is 2. The van der Waals surface area contributed by atoms with Crippen LogP contribution in [-0.4, -0.2) is 16.3 Å². The fourth-order valence-electron chi connectivity index (χ4n) is 3.24. The van der Waals surface area contributed by atoms with E-state index in [9.17, 15) is 0 Å². The molecule has 2 aliphatic carbocycles. The highest BCUT2D eigenvalue weighted by atomic mass is 15.3. The lowest BCUT2D eigenvalue weighted by Gasteiger charge is -2.16. The van der Waals surface area contributed by atoms with Gasteiger partial charge in [-0.2, -0.15) is 5.10 Å². The minimum atomic E-state index is 0.962. The lowest BCUT2D eigenvalue weighted by Crippen LogP contribution is -2.26. The smallest absolute Gasteiger partial charge is 0.0625 e. The Labute approximate surface area is 116 Å². The van der Waals surface area contributed by atoms with Gasteiger partial charge in [0.05, 0.1) is 11.4 Å². The van der Waals surface area contributed by atoms with Gasteiger partial charge in [0.15, 0.2) is 0 Å². The van der Waals surface area contributed by atoms with Crippen molar-refractivity contribution in [3.05, 3.63) is 17.5 Å². The lowest BCUT2D eigenvalue weighted by atomic mass is 9.98. The number of hydrogen-bond acceptors (Lipinski definition) is 2. The van der Waals surface area contributed by atoms with Gasteiger partial charge in [0.2, 0.25) is 0 Å². The SMILES string of the molecule is CCc1cc(CNCC(C2CC2)C2CC2)n(CC)n1. The van der Waals surface area contributed by atoms with Gasteiger partial charge in [-0.05, 0) is 69.4 Å². The van der Waals surface area contributed by atoms with Gasteiger partial charge in [-0.1, -0.05) is 6.92 Å². The van der Waals surface area contributed by atoms with E-state index in [0.29, 0.717) is 0 Å². The maximum Gasteiger partial charge on any atom is 0.0625 e. The number of hydrogen-bond donors (Lipinski definition) is 1. The largest absolute Gasteiger partial charge is 0.311 e. The maximum absolute atomic E-state index is 4.62. The first-order valence-electron chi connectivity index (χ1n) is 8.08. The highest BCUT2D eigenvalue weighted by Gasteiger charge is 2.40. The van der Waals surface area contributed by atoms with Crippen LogP contribution in [0.1, 0.15) is 50.9 Å². The third kappa shape index (κ3) is 3.19. The Kier molecular flexibility index (Phi) is 3.92. The Morgan fingerprint density at radius 1 is 1.26 bits per heavy atom. The van der Waals surface area contributed by atoms with Gasteiger partial charge in [0.1, 0.15) is 0 Å². The summed E-state index contributed by atoms with van der Waals surface area (Å²) in [5, 5.41) is 8.31. The monoisotopic (exact) mass is 261 g/mol. The third-order valence-corrected chi connectivity index (χ3v) is 4.72. The van der Waals surface area contributed by atoms with Crippen molar-refractivity contribution in [2.24, 2.45) is 17.8 Å². The van der Waals surface area contributed by atoms with Crippen LogP contribution >= 0.6 is 0 Å². The summed E-state index contributed by atoms with van der Waals surface area (Å²) in [5.41, 5.74) is 2.57. The van der Waals surface area contributed by atoms with Crippen molar-refractivity contribution in [3.63, 3.8) is 0 Å². The van der Waals surface area contributed by atoms with Crippen LogP contribution in [0.3, 0.4) is 0 Å². The molecule has 2 saturated carbocycles. The standard InChI is InChI=1S/C16H27N3/c1-3-14-9-15(19(4-2)18-14)10-17-11-16(12-5-6-12)13-7-8-13/h9,12-13,16-17H,3-8,10-11H2,1-2H3. The average molecular weight is 261 g/mol. The van der Waals surface area contributed by atoms with E-state index in [0.717, 1.165) is 37.3 Å². The van der Waals surface area contributed by atoms with Crippen molar-refractivity contribution in [2.75, 3.05) is 6.54 Å². The summed E-state index contributed by atoms with van der Waals surface area (Å²) in [6.45, 7) is 7.52. The molecule has 3 heteroatoms. The van der Waals surface area contributed by atoms with Gasteiger partial charge in [-0.25, -0.2) is 0 Å².